The van der Waals surface area contributed by atoms with E-state index in [9.17, 15) is 14.7 Å². The van der Waals surface area contributed by atoms with Gasteiger partial charge in [-0.1, -0.05) is 11.6 Å². The number of benzene rings is 1. The number of halogens is 1. The Bertz CT molecular complexity index is 884. The number of H-pyrrole nitrogens is 1. The minimum atomic E-state index is -1.13. The van der Waals surface area contributed by atoms with Crippen molar-refractivity contribution in [3.05, 3.63) is 51.3 Å². The first kappa shape index (κ1) is 16.0. The van der Waals surface area contributed by atoms with Gasteiger partial charge in [-0.2, -0.15) is 10.4 Å². The summed E-state index contributed by atoms with van der Waals surface area (Å²) in [7, 11) is 0. The van der Waals surface area contributed by atoms with Crippen molar-refractivity contribution >= 4 is 23.5 Å². The van der Waals surface area contributed by atoms with Crippen molar-refractivity contribution in [3.8, 4) is 6.07 Å². The van der Waals surface area contributed by atoms with E-state index in [1.807, 2.05) is 13.0 Å². The molecule has 0 saturated carbocycles. The van der Waals surface area contributed by atoms with Gasteiger partial charge in [0.15, 0.2) is 5.69 Å². The number of nitrogens with zero attached hydrogens (tertiary/aromatic N) is 3. The summed E-state index contributed by atoms with van der Waals surface area (Å²) in [6.07, 6.45) is 0.486. The van der Waals surface area contributed by atoms with Crippen molar-refractivity contribution in [1.82, 2.24) is 15.1 Å². The van der Waals surface area contributed by atoms with Crippen LogP contribution in [0.5, 0.6) is 0 Å². The minimum absolute atomic E-state index is 0.0662. The van der Waals surface area contributed by atoms with Crippen molar-refractivity contribution in [3.63, 3.8) is 0 Å². The SMILES string of the molecule is C[C@@H]1Cc2[nH]nc(C(=O)O)c2CN1C(=O)c1ccc(Cl)c(C#N)c1. The Balaban J connectivity index is 1.94. The second kappa shape index (κ2) is 5.98. The zero-order valence-electron chi connectivity index (χ0n) is 12.7. The number of carbonyl (C=O) groups excluding carboxylic acids is 1. The lowest BCUT2D eigenvalue weighted by molar-refractivity contribution is 0.0636. The van der Waals surface area contributed by atoms with Crippen LogP contribution in [0, 0.1) is 11.3 Å². The highest BCUT2D eigenvalue weighted by molar-refractivity contribution is 6.31. The van der Waals surface area contributed by atoms with E-state index < -0.39 is 5.97 Å². The molecular formula is C16H13ClN4O3. The number of aromatic amines is 1. The summed E-state index contributed by atoms with van der Waals surface area (Å²) in [5, 5.41) is 25.1. The molecular weight excluding hydrogens is 332 g/mol. The van der Waals surface area contributed by atoms with E-state index in [1.165, 1.54) is 12.1 Å². The molecule has 0 saturated heterocycles. The number of fused-ring (bicyclic) bond motifs is 1. The standard InChI is InChI=1S/C16H13ClN4O3/c1-8-4-13-11(14(16(23)24)20-19-13)7-21(8)15(22)9-2-3-12(17)10(5-9)6-18/h2-3,5,8H,4,7H2,1H3,(H,19,20)(H,23,24)/t8-/m1/s1. The molecule has 1 atom stereocenters. The largest absolute Gasteiger partial charge is 0.476 e. The number of nitriles is 1. The second-order valence-corrected chi connectivity index (χ2v) is 6.03. The van der Waals surface area contributed by atoms with Crippen LogP contribution in [0.15, 0.2) is 18.2 Å². The number of amides is 1. The molecule has 0 spiro atoms. The predicted molar refractivity (Wildman–Crippen MR) is 84.8 cm³/mol. The molecule has 8 heteroatoms. The molecule has 0 bridgehead atoms. The van der Waals surface area contributed by atoms with Gasteiger partial charge < -0.3 is 10.0 Å². The van der Waals surface area contributed by atoms with Gasteiger partial charge in [0.1, 0.15) is 6.07 Å². The highest BCUT2D eigenvalue weighted by Crippen LogP contribution is 2.27. The Hall–Kier alpha value is -2.85. The molecule has 1 aromatic carbocycles. The second-order valence-electron chi connectivity index (χ2n) is 5.63. The number of hydrogen-bond acceptors (Lipinski definition) is 4. The minimum Gasteiger partial charge on any atom is -0.476 e. The van der Waals surface area contributed by atoms with E-state index >= 15 is 0 Å². The molecule has 7 nitrogen and oxygen atoms in total. The van der Waals surface area contributed by atoms with Gasteiger partial charge in [-0.15, -0.1) is 0 Å². The van der Waals surface area contributed by atoms with Crippen molar-refractivity contribution in [2.24, 2.45) is 0 Å². The van der Waals surface area contributed by atoms with Gasteiger partial charge in [-0.05, 0) is 25.1 Å². The molecule has 2 N–H and O–H groups in total. The summed E-state index contributed by atoms with van der Waals surface area (Å²) in [5.41, 5.74) is 1.75. The molecule has 0 unspecified atom stereocenters. The zero-order valence-corrected chi connectivity index (χ0v) is 13.5. The quantitative estimate of drug-likeness (QED) is 0.867. The molecule has 1 aliphatic rings. The lowest BCUT2D eigenvalue weighted by Gasteiger charge is -2.33. The van der Waals surface area contributed by atoms with Gasteiger partial charge in [-0.25, -0.2) is 4.79 Å². The molecule has 1 aromatic heterocycles. The maximum Gasteiger partial charge on any atom is 0.356 e. The Morgan fingerprint density at radius 3 is 2.92 bits per heavy atom. The molecule has 1 amide bonds. The van der Waals surface area contributed by atoms with E-state index in [-0.39, 0.29) is 34.8 Å². The van der Waals surface area contributed by atoms with Gasteiger partial charge in [0.25, 0.3) is 5.91 Å². The number of aromatic carboxylic acids is 1. The first-order valence-electron chi connectivity index (χ1n) is 7.22. The van der Waals surface area contributed by atoms with Crippen LogP contribution in [-0.2, 0) is 13.0 Å². The van der Waals surface area contributed by atoms with Crippen LogP contribution in [-0.4, -0.2) is 38.1 Å². The van der Waals surface area contributed by atoms with Crippen LogP contribution >= 0.6 is 11.6 Å². The molecule has 0 radical (unpaired) electrons. The average Bonchev–Trinajstić information content (AvgIpc) is 2.96. The van der Waals surface area contributed by atoms with Gasteiger partial charge in [0, 0.05) is 29.3 Å². The molecule has 3 rings (SSSR count). The predicted octanol–water partition coefficient (Wildman–Crippen LogP) is 2.22. The van der Waals surface area contributed by atoms with Crippen LogP contribution in [0.2, 0.25) is 5.02 Å². The molecule has 122 valence electrons. The number of hydrogen-bond donors (Lipinski definition) is 2. The Kier molecular flexibility index (Phi) is 3.99. The number of carbonyl (C=O) groups is 2. The third-order valence-electron chi connectivity index (χ3n) is 4.11. The molecule has 0 aliphatic carbocycles. The average molecular weight is 345 g/mol. The smallest absolute Gasteiger partial charge is 0.356 e. The topological polar surface area (TPSA) is 110 Å². The molecule has 24 heavy (non-hydrogen) atoms. The number of carboxylic acid groups (broad SMARTS) is 1. The first-order chi connectivity index (χ1) is 11.4. The van der Waals surface area contributed by atoms with E-state index in [1.54, 1.807) is 11.0 Å². The van der Waals surface area contributed by atoms with Crippen LogP contribution < -0.4 is 0 Å². The summed E-state index contributed by atoms with van der Waals surface area (Å²) in [5.74, 6) is -1.41. The third-order valence-corrected chi connectivity index (χ3v) is 4.44. The maximum atomic E-state index is 12.8. The van der Waals surface area contributed by atoms with Gasteiger partial charge in [0.05, 0.1) is 17.1 Å². The lowest BCUT2D eigenvalue weighted by Crippen LogP contribution is -2.42. The van der Waals surface area contributed by atoms with Gasteiger partial charge in [-0.3, -0.25) is 9.89 Å². The fourth-order valence-electron chi connectivity index (χ4n) is 2.83. The summed E-state index contributed by atoms with van der Waals surface area (Å²) in [4.78, 5) is 25.6. The monoisotopic (exact) mass is 344 g/mol. The van der Waals surface area contributed by atoms with Crippen LogP contribution in [0.1, 0.15) is 44.6 Å². The van der Waals surface area contributed by atoms with Crippen molar-refractivity contribution in [2.75, 3.05) is 0 Å². The summed E-state index contributed by atoms with van der Waals surface area (Å²) >= 11 is 5.90. The first-order valence-corrected chi connectivity index (χ1v) is 7.60. The molecule has 2 heterocycles. The Morgan fingerprint density at radius 1 is 1.50 bits per heavy atom. The van der Waals surface area contributed by atoms with Crippen LogP contribution in [0.25, 0.3) is 0 Å². The van der Waals surface area contributed by atoms with Gasteiger partial charge in [0.2, 0.25) is 0 Å². The highest BCUT2D eigenvalue weighted by atomic mass is 35.5. The highest BCUT2D eigenvalue weighted by Gasteiger charge is 2.32. The maximum absolute atomic E-state index is 12.8. The number of carboxylic acids is 1. The van der Waals surface area contributed by atoms with E-state index in [0.29, 0.717) is 17.5 Å². The van der Waals surface area contributed by atoms with Crippen LogP contribution in [0.4, 0.5) is 0 Å². The van der Waals surface area contributed by atoms with Crippen molar-refractivity contribution < 1.29 is 14.7 Å². The number of rotatable bonds is 2. The normalized spacial score (nSPS) is 16.4. The van der Waals surface area contributed by atoms with E-state index in [2.05, 4.69) is 10.2 Å². The number of aromatic nitrogens is 2. The number of nitrogens with one attached hydrogen (secondary N) is 1. The fraction of sp³-hybridized carbons (Fsp3) is 0.250. The zero-order chi connectivity index (χ0) is 17.4. The summed E-state index contributed by atoms with van der Waals surface area (Å²) < 4.78 is 0. The summed E-state index contributed by atoms with van der Waals surface area (Å²) in [6.45, 7) is 2.03. The van der Waals surface area contributed by atoms with E-state index in [4.69, 9.17) is 16.9 Å². The molecule has 0 fully saturated rings. The molecule has 1 aliphatic heterocycles. The van der Waals surface area contributed by atoms with E-state index in [0.717, 1.165) is 5.69 Å². The van der Waals surface area contributed by atoms with Crippen LogP contribution in [0.3, 0.4) is 0 Å². The summed E-state index contributed by atoms with van der Waals surface area (Å²) in [6, 6.07) is 6.32. The van der Waals surface area contributed by atoms with Crippen molar-refractivity contribution in [1.29, 1.82) is 5.26 Å². The van der Waals surface area contributed by atoms with Gasteiger partial charge >= 0.3 is 5.97 Å². The Morgan fingerprint density at radius 2 is 2.25 bits per heavy atom. The Labute approximate surface area is 142 Å². The lowest BCUT2D eigenvalue weighted by atomic mass is 9.98. The molecule has 2 aromatic rings. The third kappa shape index (κ3) is 2.61. The van der Waals surface area contributed by atoms with Crippen molar-refractivity contribution in [2.45, 2.75) is 25.9 Å². The fourth-order valence-corrected chi connectivity index (χ4v) is 2.99.